The molecule has 4 heteroatoms. The van der Waals surface area contributed by atoms with E-state index in [1.807, 2.05) is 17.4 Å². The standard InChI is InChI=1S/C16H16BrNOS/c1-10-5-8-14(20-10)16(17)12-6-7-13-11(9-12)3-2-4-15(19)18-13/h5-9,16H,2-4H2,1H3,(H,18,19). The van der Waals surface area contributed by atoms with E-state index in [1.54, 1.807) is 0 Å². The van der Waals surface area contributed by atoms with E-state index in [0.29, 0.717) is 6.42 Å². The first-order valence-electron chi connectivity index (χ1n) is 6.76. The molecule has 1 amide bonds. The molecule has 0 radical (unpaired) electrons. The maximum atomic E-state index is 11.6. The number of carbonyl (C=O) groups is 1. The summed E-state index contributed by atoms with van der Waals surface area (Å²) >= 11 is 5.61. The van der Waals surface area contributed by atoms with Crippen molar-refractivity contribution < 1.29 is 4.79 Å². The molecule has 104 valence electrons. The Kier molecular flexibility index (Phi) is 3.94. The van der Waals surface area contributed by atoms with Crippen molar-refractivity contribution in [2.24, 2.45) is 0 Å². The monoisotopic (exact) mass is 349 g/mol. The lowest BCUT2D eigenvalue weighted by molar-refractivity contribution is -0.116. The minimum atomic E-state index is 0.126. The third-order valence-corrected chi connectivity index (χ3v) is 5.95. The van der Waals surface area contributed by atoms with Crippen LogP contribution in [0.2, 0.25) is 0 Å². The predicted molar refractivity (Wildman–Crippen MR) is 87.8 cm³/mol. The number of carbonyl (C=O) groups excluding carboxylic acids is 1. The number of rotatable bonds is 2. The van der Waals surface area contributed by atoms with Gasteiger partial charge in [-0.1, -0.05) is 28.1 Å². The van der Waals surface area contributed by atoms with Crippen LogP contribution in [0, 0.1) is 6.92 Å². The molecule has 2 nitrogen and oxygen atoms in total. The molecule has 1 aromatic carbocycles. The summed E-state index contributed by atoms with van der Waals surface area (Å²) in [5.74, 6) is 0.126. The number of anilines is 1. The highest BCUT2D eigenvalue weighted by Crippen LogP contribution is 2.37. The number of nitrogens with one attached hydrogen (secondary N) is 1. The molecule has 0 aliphatic carbocycles. The molecule has 2 heterocycles. The van der Waals surface area contributed by atoms with Gasteiger partial charge in [0, 0.05) is 21.9 Å². The fourth-order valence-electron chi connectivity index (χ4n) is 2.51. The number of halogens is 1. The molecule has 0 spiro atoms. The highest BCUT2D eigenvalue weighted by molar-refractivity contribution is 9.09. The zero-order valence-corrected chi connectivity index (χ0v) is 13.7. The Labute approximate surface area is 131 Å². The van der Waals surface area contributed by atoms with Crippen LogP contribution in [0.3, 0.4) is 0 Å². The quantitative estimate of drug-likeness (QED) is 0.774. The van der Waals surface area contributed by atoms with Crippen LogP contribution in [0.4, 0.5) is 5.69 Å². The van der Waals surface area contributed by atoms with Crippen LogP contribution in [-0.4, -0.2) is 5.91 Å². The van der Waals surface area contributed by atoms with E-state index in [1.165, 1.54) is 20.9 Å². The van der Waals surface area contributed by atoms with E-state index in [0.717, 1.165) is 18.5 Å². The molecule has 1 N–H and O–H groups in total. The summed E-state index contributed by atoms with van der Waals surface area (Å²) in [7, 11) is 0. The second-order valence-corrected chi connectivity index (χ2v) is 7.36. The molecule has 1 unspecified atom stereocenters. The Bertz CT molecular complexity index is 650. The Morgan fingerprint density at radius 1 is 1.25 bits per heavy atom. The molecule has 1 aliphatic rings. The summed E-state index contributed by atoms with van der Waals surface area (Å²) in [4.78, 5) is 14.4. The van der Waals surface area contributed by atoms with Crippen LogP contribution in [0.25, 0.3) is 0 Å². The van der Waals surface area contributed by atoms with Crippen molar-refractivity contribution in [3.05, 3.63) is 51.2 Å². The molecule has 1 aromatic heterocycles. The van der Waals surface area contributed by atoms with Gasteiger partial charge in [0.2, 0.25) is 5.91 Å². The van der Waals surface area contributed by atoms with Crippen LogP contribution >= 0.6 is 27.3 Å². The Morgan fingerprint density at radius 3 is 2.85 bits per heavy atom. The van der Waals surface area contributed by atoms with Gasteiger partial charge >= 0.3 is 0 Å². The fourth-order valence-corrected chi connectivity index (χ4v) is 4.11. The number of fused-ring (bicyclic) bond motifs is 1. The van der Waals surface area contributed by atoms with E-state index in [9.17, 15) is 4.79 Å². The number of aryl methyl sites for hydroxylation is 2. The topological polar surface area (TPSA) is 29.1 Å². The molecule has 0 fully saturated rings. The van der Waals surface area contributed by atoms with E-state index in [2.05, 4.69) is 52.4 Å². The lowest BCUT2D eigenvalue weighted by atomic mass is 10.0. The number of amides is 1. The molecule has 0 saturated heterocycles. The molecule has 0 saturated carbocycles. The van der Waals surface area contributed by atoms with Crippen molar-refractivity contribution in [1.82, 2.24) is 0 Å². The van der Waals surface area contributed by atoms with Crippen molar-refractivity contribution >= 4 is 38.9 Å². The summed E-state index contributed by atoms with van der Waals surface area (Å²) in [6.07, 6.45) is 2.50. The highest BCUT2D eigenvalue weighted by Gasteiger charge is 2.17. The van der Waals surface area contributed by atoms with E-state index in [-0.39, 0.29) is 10.7 Å². The summed E-state index contributed by atoms with van der Waals surface area (Å²) in [6, 6.07) is 10.7. The van der Waals surface area contributed by atoms with E-state index < -0.39 is 0 Å². The largest absolute Gasteiger partial charge is 0.326 e. The Hall–Kier alpha value is -1.13. The maximum Gasteiger partial charge on any atom is 0.224 e. The van der Waals surface area contributed by atoms with Gasteiger partial charge in [-0.3, -0.25) is 4.79 Å². The third kappa shape index (κ3) is 2.81. The van der Waals surface area contributed by atoms with Gasteiger partial charge in [0.15, 0.2) is 0 Å². The summed E-state index contributed by atoms with van der Waals surface area (Å²) in [5.41, 5.74) is 3.46. The molecular weight excluding hydrogens is 334 g/mol. The van der Waals surface area contributed by atoms with Gasteiger partial charge < -0.3 is 5.32 Å². The molecule has 1 aliphatic heterocycles. The lowest BCUT2D eigenvalue weighted by Crippen LogP contribution is -2.09. The molecule has 20 heavy (non-hydrogen) atoms. The van der Waals surface area contributed by atoms with Crippen LogP contribution in [0.5, 0.6) is 0 Å². The number of hydrogen-bond acceptors (Lipinski definition) is 2. The van der Waals surface area contributed by atoms with Crippen LogP contribution in [0.15, 0.2) is 30.3 Å². The molecule has 3 rings (SSSR count). The molecular formula is C16H16BrNOS. The average molecular weight is 350 g/mol. The van der Waals surface area contributed by atoms with Crippen LogP contribution in [0.1, 0.15) is 38.6 Å². The maximum absolute atomic E-state index is 11.6. The average Bonchev–Trinajstić information content (AvgIpc) is 2.77. The van der Waals surface area contributed by atoms with Gasteiger partial charge in [-0.2, -0.15) is 0 Å². The summed E-state index contributed by atoms with van der Waals surface area (Å²) < 4.78 is 0. The molecule has 2 aromatic rings. The second kappa shape index (κ2) is 5.70. The first-order valence-corrected chi connectivity index (χ1v) is 8.50. The predicted octanol–water partition coefficient (Wildman–Crippen LogP) is 4.82. The van der Waals surface area contributed by atoms with E-state index >= 15 is 0 Å². The SMILES string of the molecule is Cc1ccc(C(Br)c2ccc3c(c2)CCCC(=O)N3)s1. The van der Waals surface area contributed by atoms with Gasteiger partial charge in [-0.05, 0) is 49.1 Å². The van der Waals surface area contributed by atoms with E-state index in [4.69, 9.17) is 0 Å². The first-order chi connectivity index (χ1) is 9.63. The van der Waals surface area contributed by atoms with Crippen molar-refractivity contribution in [1.29, 1.82) is 0 Å². The normalized spacial score (nSPS) is 16.2. The van der Waals surface area contributed by atoms with Gasteiger partial charge in [0.05, 0.1) is 4.83 Å². The lowest BCUT2D eigenvalue weighted by Gasteiger charge is -2.13. The minimum absolute atomic E-state index is 0.126. The smallest absolute Gasteiger partial charge is 0.224 e. The van der Waals surface area contributed by atoms with Crippen molar-refractivity contribution in [2.75, 3.05) is 5.32 Å². The van der Waals surface area contributed by atoms with Crippen molar-refractivity contribution in [3.8, 4) is 0 Å². The van der Waals surface area contributed by atoms with Gasteiger partial charge in [-0.15, -0.1) is 11.3 Å². The zero-order chi connectivity index (χ0) is 14.1. The Balaban J connectivity index is 1.92. The minimum Gasteiger partial charge on any atom is -0.326 e. The number of benzene rings is 1. The summed E-state index contributed by atoms with van der Waals surface area (Å²) in [5, 5.41) is 2.98. The Morgan fingerprint density at radius 2 is 2.10 bits per heavy atom. The highest BCUT2D eigenvalue weighted by atomic mass is 79.9. The van der Waals surface area contributed by atoms with Crippen LogP contribution in [-0.2, 0) is 11.2 Å². The van der Waals surface area contributed by atoms with Crippen molar-refractivity contribution in [2.45, 2.75) is 31.0 Å². The van der Waals surface area contributed by atoms with Gasteiger partial charge in [0.1, 0.15) is 0 Å². The first kappa shape index (κ1) is 13.8. The zero-order valence-electron chi connectivity index (χ0n) is 11.3. The third-order valence-electron chi connectivity index (χ3n) is 3.56. The summed E-state index contributed by atoms with van der Waals surface area (Å²) in [6.45, 7) is 2.13. The van der Waals surface area contributed by atoms with Gasteiger partial charge in [-0.25, -0.2) is 0 Å². The van der Waals surface area contributed by atoms with Crippen LogP contribution < -0.4 is 5.32 Å². The molecule has 1 atom stereocenters. The number of thiophene rings is 1. The molecule has 0 bridgehead atoms. The second-order valence-electron chi connectivity index (χ2n) is 5.13. The fraction of sp³-hybridized carbons (Fsp3) is 0.312. The van der Waals surface area contributed by atoms with Crippen molar-refractivity contribution in [3.63, 3.8) is 0 Å². The number of alkyl halides is 1. The number of hydrogen-bond donors (Lipinski definition) is 1. The van der Waals surface area contributed by atoms with Gasteiger partial charge in [0.25, 0.3) is 0 Å².